The normalized spacial score (nSPS) is 20.6. The van der Waals surface area contributed by atoms with Gasteiger partial charge in [-0.3, -0.25) is 9.78 Å². The number of likely N-dealkylation sites (tertiary alicyclic amines) is 1. The van der Waals surface area contributed by atoms with Gasteiger partial charge in [-0.05, 0) is 29.2 Å². The zero-order valence-corrected chi connectivity index (χ0v) is 21.5. The topological polar surface area (TPSA) is 120 Å². The SMILES string of the molecule is CCC(C)CN1C[C@@H]2[C@H](NC(=O)c3ccncc3)c3ccccc3[C@@H]2C1.O=C(O)C(F)(F)F.O=C(O)C(F)(F)F. The van der Waals surface area contributed by atoms with Crippen molar-refractivity contribution < 1.29 is 50.9 Å². The largest absolute Gasteiger partial charge is 0.490 e. The molecule has 0 saturated carbocycles. The van der Waals surface area contributed by atoms with Gasteiger partial charge in [0.25, 0.3) is 5.91 Å². The Kier molecular flexibility index (Phi) is 11.1. The van der Waals surface area contributed by atoms with Crippen LogP contribution in [0.3, 0.4) is 0 Å². The maximum Gasteiger partial charge on any atom is 0.490 e. The van der Waals surface area contributed by atoms with Gasteiger partial charge in [0.05, 0.1) is 6.04 Å². The Hall–Kier alpha value is -3.68. The summed E-state index contributed by atoms with van der Waals surface area (Å²) in [5.74, 6) is -3.82. The summed E-state index contributed by atoms with van der Waals surface area (Å²) in [7, 11) is 0. The lowest BCUT2D eigenvalue weighted by Crippen LogP contribution is -2.34. The van der Waals surface area contributed by atoms with E-state index in [0.717, 1.165) is 19.6 Å². The molecule has 2 heterocycles. The number of benzene rings is 1. The molecule has 0 bridgehead atoms. The van der Waals surface area contributed by atoms with Crippen molar-refractivity contribution >= 4 is 17.8 Å². The number of nitrogens with one attached hydrogen (secondary N) is 1. The minimum atomic E-state index is -5.08. The second-order valence-corrected chi connectivity index (χ2v) is 9.42. The Morgan fingerprint density at radius 2 is 1.45 bits per heavy atom. The standard InChI is InChI=1S/C22H27N3O.2C2HF3O2/c1-3-15(2)12-25-13-19-17-6-4-5-7-18(17)21(20(19)14-25)24-22(26)16-8-10-23-11-9-16;2*3-2(4,5)1(6)7/h4-11,15,19-21H,3,12-14H2,1-2H3,(H,24,26);2*(H,6,7)/t15?,19-,20-,21+;;/m0../s1. The second kappa shape index (κ2) is 13.6. The lowest BCUT2D eigenvalue weighted by Gasteiger charge is -2.24. The zero-order valence-electron chi connectivity index (χ0n) is 21.5. The van der Waals surface area contributed by atoms with E-state index in [1.54, 1.807) is 24.5 Å². The van der Waals surface area contributed by atoms with Gasteiger partial charge in [-0.2, -0.15) is 26.3 Å². The molecule has 3 N–H and O–H groups in total. The number of fused-ring (bicyclic) bond motifs is 3. The molecule has 0 radical (unpaired) electrons. The van der Waals surface area contributed by atoms with E-state index in [1.807, 2.05) is 0 Å². The molecule has 1 aliphatic heterocycles. The third-order valence-electron chi connectivity index (χ3n) is 6.58. The number of rotatable bonds is 5. The summed E-state index contributed by atoms with van der Waals surface area (Å²) in [6.07, 6.45) is -5.61. The first-order chi connectivity index (χ1) is 18.6. The van der Waals surface area contributed by atoms with E-state index in [4.69, 9.17) is 19.8 Å². The summed E-state index contributed by atoms with van der Waals surface area (Å²) in [4.78, 5) is 37.1. The van der Waals surface area contributed by atoms with Crippen molar-refractivity contribution in [2.45, 2.75) is 44.6 Å². The lowest BCUT2D eigenvalue weighted by molar-refractivity contribution is -0.193. The van der Waals surface area contributed by atoms with Gasteiger partial charge >= 0.3 is 24.3 Å². The van der Waals surface area contributed by atoms with Crippen molar-refractivity contribution in [3.8, 4) is 0 Å². The second-order valence-electron chi connectivity index (χ2n) is 9.42. The third-order valence-corrected chi connectivity index (χ3v) is 6.58. The summed E-state index contributed by atoms with van der Waals surface area (Å²) in [5, 5.41) is 17.6. The fraction of sp³-hybridized carbons (Fsp3) is 0.462. The molecule has 1 unspecified atom stereocenters. The Morgan fingerprint density at radius 1 is 0.950 bits per heavy atom. The molecule has 4 rings (SSSR count). The van der Waals surface area contributed by atoms with Crippen LogP contribution >= 0.6 is 0 Å². The molecule has 1 amide bonds. The van der Waals surface area contributed by atoms with Crippen molar-refractivity contribution in [3.05, 3.63) is 65.5 Å². The molecular weight excluding hydrogens is 548 g/mol. The van der Waals surface area contributed by atoms with Crippen molar-refractivity contribution in [2.24, 2.45) is 11.8 Å². The van der Waals surface area contributed by atoms with Crippen LogP contribution in [0.1, 0.15) is 53.7 Å². The van der Waals surface area contributed by atoms with Crippen LogP contribution < -0.4 is 5.32 Å². The Morgan fingerprint density at radius 3 is 1.93 bits per heavy atom. The van der Waals surface area contributed by atoms with Crippen LogP contribution in [0, 0.1) is 11.8 Å². The average molecular weight is 578 g/mol. The number of carbonyl (C=O) groups excluding carboxylic acids is 1. The van der Waals surface area contributed by atoms with Gasteiger partial charge in [0, 0.05) is 49.4 Å². The van der Waals surface area contributed by atoms with Gasteiger partial charge in [0.2, 0.25) is 0 Å². The van der Waals surface area contributed by atoms with E-state index in [0.29, 0.717) is 23.3 Å². The van der Waals surface area contributed by atoms with Crippen molar-refractivity contribution in [1.29, 1.82) is 0 Å². The molecular formula is C26H29F6N3O5. The zero-order chi connectivity index (χ0) is 30.3. The third kappa shape index (κ3) is 8.93. The number of hydrogen-bond donors (Lipinski definition) is 3. The van der Waals surface area contributed by atoms with E-state index in [9.17, 15) is 31.1 Å². The minimum absolute atomic E-state index is 0.00627. The lowest BCUT2D eigenvalue weighted by atomic mass is 9.94. The monoisotopic (exact) mass is 577 g/mol. The predicted molar refractivity (Wildman–Crippen MR) is 130 cm³/mol. The summed E-state index contributed by atoms with van der Waals surface area (Å²) >= 11 is 0. The Balaban J connectivity index is 0.000000333. The summed E-state index contributed by atoms with van der Waals surface area (Å²) in [6, 6.07) is 12.3. The van der Waals surface area contributed by atoms with E-state index in [1.165, 1.54) is 17.5 Å². The molecule has 4 atom stereocenters. The quantitative estimate of drug-likeness (QED) is 0.433. The number of hydrogen-bond acceptors (Lipinski definition) is 5. The van der Waals surface area contributed by atoms with Crippen LogP contribution in [0.2, 0.25) is 0 Å². The molecule has 14 heteroatoms. The number of pyridine rings is 1. The highest BCUT2D eigenvalue weighted by molar-refractivity contribution is 5.94. The number of carboxylic acids is 2. The summed E-state index contributed by atoms with van der Waals surface area (Å²) in [5.41, 5.74) is 3.40. The molecule has 220 valence electrons. The van der Waals surface area contributed by atoms with E-state index < -0.39 is 24.3 Å². The number of alkyl halides is 6. The smallest absolute Gasteiger partial charge is 0.475 e. The van der Waals surface area contributed by atoms with Crippen LogP contribution in [0.5, 0.6) is 0 Å². The minimum Gasteiger partial charge on any atom is -0.475 e. The first-order valence-electron chi connectivity index (χ1n) is 12.2. The van der Waals surface area contributed by atoms with Gasteiger partial charge in [-0.1, -0.05) is 44.5 Å². The maximum absolute atomic E-state index is 12.8. The number of carbonyl (C=O) groups is 3. The van der Waals surface area contributed by atoms with E-state index in [-0.39, 0.29) is 11.9 Å². The fourth-order valence-electron chi connectivity index (χ4n) is 4.57. The number of amides is 1. The number of aliphatic carboxylic acids is 2. The van der Waals surface area contributed by atoms with Crippen molar-refractivity contribution in [2.75, 3.05) is 19.6 Å². The van der Waals surface area contributed by atoms with Crippen molar-refractivity contribution in [1.82, 2.24) is 15.2 Å². The molecule has 1 aromatic heterocycles. The molecule has 2 aromatic rings. The molecule has 0 spiro atoms. The van der Waals surface area contributed by atoms with Crippen LogP contribution in [0.4, 0.5) is 26.3 Å². The number of aromatic nitrogens is 1. The van der Waals surface area contributed by atoms with Crippen LogP contribution in [-0.2, 0) is 9.59 Å². The van der Waals surface area contributed by atoms with E-state index in [2.05, 4.69) is 53.3 Å². The van der Waals surface area contributed by atoms with Crippen LogP contribution in [0.15, 0.2) is 48.8 Å². The Labute approximate surface area is 226 Å². The molecule has 1 aliphatic carbocycles. The highest BCUT2D eigenvalue weighted by atomic mass is 19.4. The molecule has 40 heavy (non-hydrogen) atoms. The summed E-state index contributed by atoms with van der Waals surface area (Å²) < 4.78 is 63.5. The molecule has 8 nitrogen and oxygen atoms in total. The first kappa shape index (κ1) is 32.5. The number of carboxylic acid groups (broad SMARTS) is 2. The molecule has 1 fully saturated rings. The van der Waals surface area contributed by atoms with Gasteiger partial charge in [0.15, 0.2) is 0 Å². The maximum atomic E-state index is 12.8. The van der Waals surface area contributed by atoms with Crippen molar-refractivity contribution in [3.63, 3.8) is 0 Å². The van der Waals surface area contributed by atoms with Crippen LogP contribution in [0.25, 0.3) is 0 Å². The predicted octanol–water partition coefficient (Wildman–Crippen LogP) is 4.89. The fourth-order valence-corrected chi connectivity index (χ4v) is 4.57. The average Bonchev–Trinajstić information content (AvgIpc) is 3.41. The Bertz CT molecular complexity index is 1140. The van der Waals surface area contributed by atoms with E-state index >= 15 is 0 Å². The number of halogens is 6. The highest BCUT2D eigenvalue weighted by Gasteiger charge is 2.46. The molecule has 1 aromatic carbocycles. The highest BCUT2D eigenvalue weighted by Crippen LogP contribution is 2.49. The van der Waals surface area contributed by atoms with Gasteiger partial charge < -0.3 is 20.4 Å². The number of nitrogens with zero attached hydrogens (tertiary/aromatic N) is 2. The first-order valence-corrected chi connectivity index (χ1v) is 12.2. The molecule has 1 saturated heterocycles. The van der Waals surface area contributed by atoms with Gasteiger partial charge in [-0.15, -0.1) is 0 Å². The van der Waals surface area contributed by atoms with Gasteiger partial charge in [0.1, 0.15) is 0 Å². The van der Waals surface area contributed by atoms with Crippen LogP contribution in [-0.4, -0.2) is 69.9 Å². The van der Waals surface area contributed by atoms with Gasteiger partial charge in [-0.25, -0.2) is 9.59 Å². The summed E-state index contributed by atoms with van der Waals surface area (Å²) in [6.45, 7) is 7.90. The molecule has 2 aliphatic rings.